The van der Waals surface area contributed by atoms with Crippen LogP contribution in [0.4, 0.5) is 11.4 Å². The van der Waals surface area contributed by atoms with Crippen molar-refractivity contribution in [3.63, 3.8) is 0 Å². The molecule has 0 aliphatic carbocycles. The van der Waals surface area contributed by atoms with Gasteiger partial charge in [-0.1, -0.05) is 6.92 Å². The summed E-state index contributed by atoms with van der Waals surface area (Å²) in [5.74, 6) is 0. The summed E-state index contributed by atoms with van der Waals surface area (Å²) in [7, 11) is 0. The Morgan fingerprint density at radius 2 is 2.06 bits per heavy atom. The molecule has 0 spiro atoms. The second-order valence-corrected chi connectivity index (χ2v) is 4.12. The Morgan fingerprint density at radius 3 is 2.53 bits per heavy atom. The molecule has 0 saturated carbocycles. The molecule has 1 rings (SSSR count). The van der Waals surface area contributed by atoms with E-state index in [2.05, 4.69) is 17.6 Å². The largest absolute Gasteiger partial charge is 0.360 e. The summed E-state index contributed by atoms with van der Waals surface area (Å²) in [5, 5.41) is 17.1. The maximum Gasteiger partial charge on any atom is 0.269 e. The van der Waals surface area contributed by atoms with Crippen LogP contribution in [-0.4, -0.2) is 16.1 Å². The average molecular weight is 253 g/mol. The van der Waals surface area contributed by atoms with Gasteiger partial charge in [-0.05, 0) is 37.7 Å². The Labute approximate surface area is 105 Å². The van der Waals surface area contributed by atoms with Crippen molar-refractivity contribution < 1.29 is 4.92 Å². The molecule has 0 heterocycles. The van der Waals surface area contributed by atoms with Gasteiger partial charge in [0.25, 0.3) is 5.69 Å². The molecular formula is C11H15N3O2S. The summed E-state index contributed by atoms with van der Waals surface area (Å²) in [6.07, 6.45) is 0.974. The summed E-state index contributed by atoms with van der Waals surface area (Å²) in [6, 6.07) is 6.43. The number of nitro benzene ring substituents is 1. The molecule has 92 valence electrons. The van der Waals surface area contributed by atoms with Crippen LogP contribution in [0.5, 0.6) is 0 Å². The lowest BCUT2D eigenvalue weighted by Gasteiger charge is -2.15. The summed E-state index contributed by atoms with van der Waals surface area (Å²) < 4.78 is 0. The Bertz CT molecular complexity index is 406. The highest BCUT2D eigenvalue weighted by Gasteiger charge is 2.05. The summed E-state index contributed by atoms with van der Waals surface area (Å²) in [6.45, 7) is 4.09. The van der Waals surface area contributed by atoms with E-state index < -0.39 is 4.92 Å². The molecule has 0 aliphatic rings. The average Bonchev–Trinajstić information content (AvgIpc) is 2.29. The predicted molar refractivity (Wildman–Crippen MR) is 72.2 cm³/mol. The molecule has 0 saturated heterocycles. The number of nitro groups is 1. The van der Waals surface area contributed by atoms with Crippen molar-refractivity contribution in [2.45, 2.75) is 26.3 Å². The number of nitrogens with one attached hydrogen (secondary N) is 2. The molecule has 0 aliphatic heterocycles. The van der Waals surface area contributed by atoms with Gasteiger partial charge in [-0.25, -0.2) is 0 Å². The lowest BCUT2D eigenvalue weighted by atomic mass is 10.2. The minimum atomic E-state index is -0.431. The molecular weight excluding hydrogens is 238 g/mol. The first-order valence-electron chi connectivity index (χ1n) is 5.35. The standard InChI is InChI=1S/C11H15N3O2S/c1-3-8(2)12-11(17)13-9-4-6-10(7-5-9)14(15)16/h4-8H,3H2,1-2H3,(H2,12,13,17)/t8-/m1/s1. The zero-order valence-electron chi connectivity index (χ0n) is 9.77. The Morgan fingerprint density at radius 1 is 1.47 bits per heavy atom. The van der Waals surface area contributed by atoms with Crippen LogP contribution in [0, 0.1) is 10.1 Å². The highest BCUT2D eigenvalue weighted by atomic mass is 32.1. The Hall–Kier alpha value is -1.69. The summed E-state index contributed by atoms with van der Waals surface area (Å²) >= 11 is 5.11. The number of anilines is 1. The summed E-state index contributed by atoms with van der Waals surface area (Å²) in [5.41, 5.74) is 0.799. The smallest absolute Gasteiger partial charge is 0.269 e. The number of rotatable bonds is 4. The molecule has 0 bridgehead atoms. The molecule has 1 atom stereocenters. The van der Waals surface area contributed by atoms with Crippen LogP contribution in [0.2, 0.25) is 0 Å². The molecule has 0 radical (unpaired) electrons. The minimum Gasteiger partial charge on any atom is -0.360 e. The fourth-order valence-electron chi connectivity index (χ4n) is 1.16. The summed E-state index contributed by atoms with van der Waals surface area (Å²) in [4.78, 5) is 10.0. The third-order valence-corrected chi connectivity index (χ3v) is 2.55. The number of nitrogens with zero attached hydrogens (tertiary/aromatic N) is 1. The van der Waals surface area contributed by atoms with E-state index in [-0.39, 0.29) is 5.69 Å². The van der Waals surface area contributed by atoms with Crippen molar-refractivity contribution in [2.24, 2.45) is 0 Å². The van der Waals surface area contributed by atoms with Crippen LogP contribution in [0.25, 0.3) is 0 Å². The first-order chi connectivity index (χ1) is 8.02. The third kappa shape index (κ3) is 4.36. The molecule has 0 amide bonds. The molecule has 1 aromatic rings. The van der Waals surface area contributed by atoms with Crippen LogP contribution >= 0.6 is 12.2 Å². The van der Waals surface area contributed by atoms with E-state index in [1.165, 1.54) is 12.1 Å². The van der Waals surface area contributed by atoms with Gasteiger partial charge < -0.3 is 10.6 Å². The zero-order chi connectivity index (χ0) is 12.8. The Balaban J connectivity index is 2.57. The second kappa shape index (κ2) is 6.15. The van der Waals surface area contributed by atoms with Crippen LogP contribution < -0.4 is 10.6 Å². The van der Waals surface area contributed by atoms with Gasteiger partial charge in [-0.2, -0.15) is 0 Å². The van der Waals surface area contributed by atoms with Crippen molar-refractivity contribution in [3.8, 4) is 0 Å². The van der Waals surface area contributed by atoms with Crippen molar-refractivity contribution in [1.82, 2.24) is 5.32 Å². The van der Waals surface area contributed by atoms with Crippen LogP contribution in [0.15, 0.2) is 24.3 Å². The monoisotopic (exact) mass is 253 g/mol. The number of thiocarbonyl (C=S) groups is 1. The quantitative estimate of drug-likeness (QED) is 0.490. The van der Waals surface area contributed by atoms with Gasteiger partial charge in [-0.15, -0.1) is 0 Å². The van der Waals surface area contributed by atoms with Crippen molar-refractivity contribution >= 4 is 28.7 Å². The maximum atomic E-state index is 10.5. The number of non-ortho nitro benzene ring substituents is 1. The predicted octanol–water partition coefficient (Wildman–Crippen LogP) is 2.68. The minimum absolute atomic E-state index is 0.0661. The first kappa shape index (κ1) is 13.4. The van der Waals surface area contributed by atoms with E-state index in [1.807, 2.05) is 6.92 Å². The number of hydrogen-bond donors (Lipinski definition) is 2. The van der Waals surface area contributed by atoms with Gasteiger partial charge in [0.2, 0.25) is 0 Å². The second-order valence-electron chi connectivity index (χ2n) is 3.71. The van der Waals surface area contributed by atoms with Gasteiger partial charge in [0.1, 0.15) is 0 Å². The molecule has 0 aromatic heterocycles. The molecule has 2 N–H and O–H groups in total. The van der Waals surface area contributed by atoms with Crippen molar-refractivity contribution in [1.29, 1.82) is 0 Å². The van der Waals surface area contributed by atoms with E-state index >= 15 is 0 Å². The highest BCUT2D eigenvalue weighted by molar-refractivity contribution is 7.80. The van der Waals surface area contributed by atoms with E-state index in [4.69, 9.17) is 12.2 Å². The van der Waals surface area contributed by atoms with Gasteiger partial charge in [-0.3, -0.25) is 10.1 Å². The van der Waals surface area contributed by atoms with E-state index in [0.717, 1.165) is 12.1 Å². The first-order valence-corrected chi connectivity index (χ1v) is 5.75. The fourth-order valence-corrected chi connectivity index (χ4v) is 1.48. The fraction of sp³-hybridized carbons (Fsp3) is 0.364. The Kier molecular flexibility index (Phi) is 4.84. The van der Waals surface area contributed by atoms with Gasteiger partial charge in [0, 0.05) is 23.9 Å². The topological polar surface area (TPSA) is 67.2 Å². The molecule has 17 heavy (non-hydrogen) atoms. The van der Waals surface area contributed by atoms with Gasteiger partial charge >= 0.3 is 0 Å². The molecule has 0 fully saturated rings. The van der Waals surface area contributed by atoms with Crippen molar-refractivity contribution in [3.05, 3.63) is 34.4 Å². The number of hydrogen-bond acceptors (Lipinski definition) is 3. The van der Waals surface area contributed by atoms with Gasteiger partial charge in [0.15, 0.2) is 5.11 Å². The maximum absolute atomic E-state index is 10.5. The van der Waals surface area contributed by atoms with E-state index in [9.17, 15) is 10.1 Å². The lowest BCUT2D eigenvalue weighted by Crippen LogP contribution is -2.35. The van der Waals surface area contributed by atoms with E-state index in [0.29, 0.717) is 11.2 Å². The zero-order valence-corrected chi connectivity index (χ0v) is 10.6. The number of benzene rings is 1. The molecule has 5 nitrogen and oxygen atoms in total. The normalized spacial score (nSPS) is 11.6. The molecule has 1 aromatic carbocycles. The van der Waals surface area contributed by atoms with E-state index in [1.54, 1.807) is 12.1 Å². The van der Waals surface area contributed by atoms with Crippen LogP contribution in [0.3, 0.4) is 0 Å². The van der Waals surface area contributed by atoms with Crippen LogP contribution in [-0.2, 0) is 0 Å². The molecule has 6 heteroatoms. The molecule has 0 unspecified atom stereocenters. The SMILES string of the molecule is CC[C@@H](C)NC(=S)Nc1ccc([N+](=O)[O-])cc1. The van der Waals surface area contributed by atoms with Crippen molar-refractivity contribution in [2.75, 3.05) is 5.32 Å². The van der Waals surface area contributed by atoms with Crippen LogP contribution in [0.1, 0.15) is 20.3 Å². The lowest BCUT2D eigenvalue weighted by molar-refractivity contribution is -0.384. The highest BCUT2D eigenvalue weighted by Crippen LogP contribution is 2.15. The van der Waals surface area contributed by atoms with Gasteiger partial charge in [0.05, 0.1) is 4.92 Å². The third-order valence-electron chi connectivity index (χ3n) is 2.33.